The molecule has 8 nitrogen and oxygen atoms in total. The smallest absolute Gasteiger partial charge is 0.354 e. The topological polar surface area (TPSA) is 125 Å². The van der Waals surface area contributed by atoms with E-state index >= 15 is 4.39 Å². The minimum atomic E-state index is -0.518. The molecular formula is C31H39ClFN7O. The predicted octanol–water partition coefficient (Wildman–Crippen LogP) is 5.69. The number of amidine groups is 1. The van der Waals surface area contributed by atoms with Gasteiger partial charge in [0.05, 0.1) is 22.2 Å². The Balaban J connectivity index is 1.51. The molecule has 0 aliphatic carbocycles. The highest BCUT2D eigenvalue weighted by Gasteiger charge is 2.16. The second-order valence-electron chi connectivity index (χ2n) is 11.5. The van der Waals surface area contributed by atoms with Crippen molar-refractivity contribution in [2.24, 2.45) is 5.73 Å². The van der Waals surface area contributed by atoms with E-state index in [1.54, 1.807) is 31.3 Å². The SMILES string of the molecule is CC(=N)NCCC(C)NCc1ccc(-n2cc3cc(-c4cc(CCCC(C)(C)N)cc(Cl)c4F)[nH]c3nc2=O)cc1. The first kappa shape index (κ1) is 30.4. The van der Waals surface area contributed by atoms with Crippen LogP contribution in [0.15, 0.2) is 53.5 Å². The van der Waals surface area contributed by atoms with Crippen LogP contribution >= 0.6 is 11.6 Å². The Bertz CT molecular complexity index is 1570. The van der Waals surface area contributed by atoms with E-state index < -0.39 is 11.5 Å². The van der Waals surface area contributed by atoms with Crippen LogP contribution in [-0.2, 0) is 13.0 Å². The van der Waals surface area contributed by atoms with Gasteiger partial charge < -0.3 is 21.4 Å². The van der Waals surface area contributed by atoms with Crippen molar-refractivity contribution in [2.45, 2.75) is 71.5 Å². The molecule has 0 saturated heterocycles. The minimum absolute atomic E-state index is 0.0535. The molecule has 2 heterocycles. The van der Waals surface area contributed by atoms with E-state index in [4.69, 9.17) is 22.7 Å². The number of fused-ring (bicyclic) bond motifs is 1. The van der Waals surface area contributed by atoms with Crippen molar-refractivity contribution in [1.29, 1.82) is 5.41 Å². The van der Waals surface area contributed by atoms with Crippen molar-refractivity contribution in [2.75, 3.05) is 6.54 Å². The molecule has 0 bridgehead atoms. The second-order valence-corrected chi connectivity index (χ2v) is 11.9. The van der Waals surface area contributed by atoms with Gasteiger partial charge in [0.2, 0.25) is 0 Å². The summed E-state index contributed by atoms with van der Waals surface area (Å²) in [5.41, 5.74) is 9.33. The summed E-state index contributed by atoms with van der Waals surface area (Å²) >= 11 is 6.25. The number of aromatic amines is 1. The maximum absolute atomic E-state index is 15.1. The van der Waals surface area contributed by atoms with Crippen LogP contribution in [0.5, 0.6) is 0 Å². The van der Waals surface area contributed by atoms with Crippen LogP contribution in [0.2, 0.25) is 5.02 Å². The number of hydrogen-bond donors (Lipinski definition) is 5. The van der Waals surface area contributed by atoms with E-state index in [0.717, 1.165) is 43.4 Å². The molecule has 0 aliphatic rings. The summed E-state index contributed by atoms with van der Waals surface area (Å²) < 4.78 is 16.6. The second kappa shape index (κ2) is 13.0. The zero-order valence-electron chi connectivity index (χ0n) is 24.1. The highest BCUT2D eigenvalue weighted by Crippen LogP contribution is 2.31. The molecule has 0 radical (unpaired) electrons. The highest BCUT2D eigenvalue weighted by molar-refractivity contribution is 6.31. The first-order chi connectivity index (χ1) is 19.4. The molecule has 0 amide bonds. The summed E-state index contributed by atoms with van der Waals surface area (Å²) in [6.07, 6.45) is 5.03. The Kier molecular flexibility index (Phi) is 9.63. The molecule has 0 aliphatic heterocycles. The Morgan fingerprint density at radius 2 is 1.95 bits per heavy atom. The summed E-state index contributed by atoms with van der Waals surface area (Å²) in [6, 6.07) is 13.2. The van der Waals surface area contributed by atoms with Crippen molar-refractivity contribution in [3.05, 3.63) is 81.1 Å². The highest BCUT2D eigenvalue weighted by atomic mass is 35.5. The largest absolute Gasteiger partial charge is 0.374 e. The molecule has 4 aromatic rings. The maximum atomic E-state index is 15.1. The van der Waals surface area contributed by atoms with Gasteiger partial charge in [0.15, 0.2) is 5.82 Å². The Hall–Kier alpha value is -3.53. The fraction of sp³-hybridized carbons (Fsp3) is 0.387. The van der Waals surface area contributed by atoms with E-state index in [0.29, 0.717) is 40.4 Å². The van der Waals surface area contributed by atoms with Crippen LogP contribution in [0.1, 0.15) is 58.1 Å². The summed E-state index contributed by atoms with van der Waals surface area (Å²) in [4.78, 5) is 20.2. The predicted molar refractivity (Wildman–Crippen MR) is 166 cm³/mol. The third kappa shape index (κ3) is 8.25. The van der Waals surface area contributed by atoms with Crippen molar-refractivity contribution in [3.63, 3.8) is 0 Å². The van der Waals surface area contributed by atoms with Crippen LogP contribution in [0.3, 0.4) is 0 Å². The molecule has 41 heavy (non-hydrogen) atoms. The van der Waals surface area contributed by atoms with Crippen molar-refractivity contribution in [1.82, 2.24) is 25.2 Å². The lowest BCUT2D eigenvalue weighted by Gasteiger charge is -2.18. The zero-order valence-corrected chi connectivity index (χ0v) is 24.8. The average molecular weight is 580 g/mol. The standard InChI is InChI=1S/C31H39ClFN7O/c1-19(11-13-36-20(2)34)37-17-21-7-9-24(10-8-21)40-18-23-16-27(38-29(23)39-30(40)41)25-14-22(15-26(32)28(25)33)6-5-12-31(3,4)35/h7-10,14-16,18-19,37H,5-6,11-13,17,35H2,1-4H3,(H2,34,36)(H,38,39,41). The van der Waals surface area contributed by atoms with E-state index in [9.17, 15) is 4.79 Å². The third-order valence-corrected chi connectivity index (χ3v) is 7.28. The summed E-state index contributed by atoms with van der Waals surface area (Å²) in [6.45, 7) is 9.25. The van der Waals surface area contributed by atoms with Crippen LogP contribution in [0.25, 0.3) is 28.0 Å². The molecular weight excluding hydrogens is 541 g/mol. The average Bonchev–Trinajstić information content (AvgIpc) is 3.31. The lowest BCUT2D eigenvalue weighted by molar-refractivity contribution is 0.459. The van der Waals surface area contributed by atoms with Gasteiger partial charge in [-0.15, -0.1) is 0 Å². The number of nitrogens with zero attached hydrogens (tertiary/aromatic N) is 2. The lowest BCUT2D eigenvalue weighted by Crippen LogP contribution is -2.31. The summed E-state index contributed by atoms with van der Waals surface area (Å²) in [5.74, 6) is -0.0494. The number of rotatable bonds is 12. The number of benzene rings is 2. The Morgan fingerprint density at radius 1 is 1.22 bits per heavy atom. The first-order valence-corrected chi connectivity index (χ1v) is 14.3. The molecule has 0 spiro atoms. The van der Waals surface area contributed by atoms with E-state index in [1.165, 1.54) is 4.57 Å². The number of nitrogens with one attached hydrogen (secondary N) is 4. The Morgan fingerprint density at radius 3 is 2.63 bits per heavy atom. The quantitative estimate of drug-likeness (QED) is 0.109. The van der Waals surface area contributed by atoms with Crippen molar-refractivity contribution in [3.8, 4) is 16.9 Å². The van der Waals surface area contributed by atoms with Gasteiger partial charge in [0, 0.05) is 41.8 Å². The minimum Gasteiger partial charge on any atom is -0.374 e. The van der Waals surface area contributed by atoms with Gasteiger partial charge in [0.1, 0.15) is 5.65 Å². The van der Waals surface area contributed by atoms with E-state index in [-0.39, 0.29) is 16.6 Å². The molecule has 218 valence electrons. The van der Waals surface area contributed by atoms with Crippen LogP contribution < -0.4 is 22.1 Å². The van der Waals surface area contributed by atoms with Gasteiger partial charge in [-0.25, -0.2) is 9.18 Å². The molecule has 2 aromatic carbocycles. The van der Waals surface area contributed by atoms with Crippen LogP contribution in [0.4, 0.5) is 4.39 Å². The molecule has 2 aromatic heterocycles. The molecule has 1 unspecified atom stereocenters. The molecule has 0 fully saturated rings. The van der Waals surface area contributed by atoms with Gasteiger partial charge in [-0.3, -0.25) is 9.98 Å². The monoisotopic (exact) mass is 579 g/mol. The molecule has 4 rings (SSSR count). The van der Waals surface area contributed by atoms with Gasteiger partial charge in [0.25, 0.3) is 0 Å². The fourth-order valence-corrected chi connectivity index (χ4v) is 4.94. The third-order valence-electron chi connectivity index (χ3n) is 7.01. The first-order valence-electron chi connectivity index (χ1n) is 13.9. The number of hydrogen-bond acceptors (Lipinski definition) is 5. The van der Waals surface area contributed by atoms with Crippen molar-refractivity contribution >= 4 is 28.5 Å². The fourth-order valence-electron chi connectivity index (χ4n) is 4.70. The number of nitrogens with two attached hydrogens (primary N) is 1. The van der Waals surface area contributed by atoms with Crippen LogP contribution in [-0.4, -0.2) is 38.5 Å². The van der Waals surface area contributed by atoms with Crippen molar-refractivity contribution < 1.29 is 4.39 Å². The van der Waals surface area contributed by atoms with E-state index in [2.05, 4.69) is 27.5 Å². The van der Waals surface area contributed by atoms with Gasteiger partial charge in [-0.05, 0) is 94.8 Å². The van der Waals surface area contributed by atoms with E-state index in [1.807, 2.05) is 38.1 Å². The zero-order chi connectivity index (χ0) is 29.7. The molecule has 6 N–H and O–H groups in total. The van der Waals surface area contributed by atoms with Gasteiger partial charge >= 0.3 is 5.69 Å². The number of H-pyrrole nitrogens is 1. The summed E-state index contributed by atoms with van der Waals surface area (Å²) in [7, 11) is 0. The van der Waals surface area contributed by atoms with Gasteiger partial charge in [-0.1, -0.05) is 23.7 Å². The maximum Gasteiger partial charge on any atom is 0.354 e. The Labute approximate surface area is 245 Å². The number of aromatic nitrogens is 3. The van der Waals surface area contributed by atoms with Gasteiger partial charge in [-0.2, -0.15) is 4.98 Å². The normalized spacial score (nSPS) is 12.6. The molecule has 0 saturated carbocycles. The molecule has 10 heteroatoms. The number of aryl methyl sites for hydroxylation is 1. The lowest BCUT2D eigenvalue weighted by atomic mass is 9.96. The molecule has 1 atom stereocenters. The summed E-state index contributed by atoms with van der Waals surface area (Å²) in [5, 5.41) is 14.7. The number of halogens is 2. The van der Waals surface area contributed by atoms with Crippen LogP contribution in [0, 0.1) is 11.2 Å².